The Hall–Kier alpha value is -2.40. The van der Waals surface area contributed by atoms with Gasteiger partial charge >= 0.3 is 0 Å². The molecule has 2 heterocycles. The van der Waals surface area contributed by atoms with Gasteiger partial charge in [0, 0.05) is 41.1 Å². The van der Waals surface area contributed by atoms with Gasteiger partial charge in [-0.05, 0) is 61.8 Å². The van der Waals surface area contributed by atoms with E-state index in [1.807, 2.05) is 4.90 Å². The average Bonchev–Trinajstić information content (AvgIpc) is 3.23. The molecule has 1 fully saturated rings. The van der Waals surface area contributed by atoms with Gasteiger partial charge in [-0.2, -0.15) is 0 Å². The maximum Gasteiger partial charge on any atom is 0.256 e. The minimum Gasteiger partial charge on any atom is -0.334 e. The van der Waals surface area contributed by atoms with Crippen LogP contribution in [0.4, 0.5) is 5.69 Å². The van der Waals surface area contributed by atoms with Gasteiger partial charge < -0.3 is 10.2 Å². The first-order valence-corrected chi connectivity index (χ1v) is 9.88. The largest absolute Gasteiger partial charge is 0.334 e. The molecular weight excluding hydrogens is 362 g/mol. The Kier molecular flexibility index (Phi) is 3.93. The van der Waals surface area contributed by atoms with Gasteiger partial charge in [-0.1, -0.05) is 11.6 Å². The number of anilines is 1. The van der Waals surface area contributed by atoms with Crippen LogP contribution >= 0.6 is 11.6 Å². The third kappa shape index (κ3) is 2.90. The van der Waals surface area contributed by atoms with E-state index >= 15 is 0 Å². The summed E-state index contributed by atoms with van der Waals surface area (Å²) < 4.78 is 0. The second-order valence-corrected chi connectivity index (χ2v) is 8.08. The van der Waals surface area contributed by atoms with Crippen molar-refractivity contribution in [3.63, 3.8) is 0 Å². The van der Waals surface area contributed by atoms with Crippen LogP contribution in [0.15, 0.2) is 24.4 Å². The van der Waals surface area contributed by atoms with Crippen molar-refractivity contribution in [3.8, 4) is 0 Å². The first-order valence-electron chi connectivity index (χ1n) is 9.50. The predicted octanol–water partition coefficient (Wildman–Crippen LogP) is 3.84. The number of hydrogen-bond acceptors (Lipinski definition) is 3. The van der Waals surface area contributed by atoms with E-state index in [0.717, 1.165) is 42.6 Å². The summed E-state index contributed by atoms with van der Waals surface area (Å²) in [6.45, 7) is 1.30. The lowest BCUT2D eigenvalue weighted by molar-refractivity contribution is 0.0772. The molecule has 0 spiro atoms. The lowest BCUT2D eigenvalue weighted by Crippen LogP contribution is -2.26. The fraction of sp³-hybridized carbons (Fsp3) is 0.381. The molecule has 1 aromatic heterocycles. The Labute approximate surface area is 162 Å². The second-order valence-electron chi connectivity index (χ2n) is 7.67. The Morgan fingerprint density at radius 2 is 2.07 bits per heavy atom. The molecule has 2 amide bonds. The van der Waals surface area contributed by atoms with Gasteiger partial charge in [-0.15, -0.1) is 0 Å². The highest BCUT2D eigenvalue weighted by Gasteiger charge is 2.36. The van der Waals surface area contributed by atoms with Crippen LogP contribution in [-0.2, 0) is 19.4 Å². The Morgan fingerprint density at radius 1 is 1.22 bits per heavy atom. The van der Waals surface area contributed by atoms with E-state index < -0.39 is 0 Å². The van der Waals surface area contributed by atoms with Crippen LogP contribution in [-0.4, -0.2) is 28.2 Å². The van der Waals surface area contributed by atoms with Crippen LogP contribution in [0.2, 0.25) is 5.02 Å². The second kappa shape index (κ2) is 6.34. The number of benzene rings is 1. The summed E-state index contributed by atoms with van der Waals surface area (Å²) in [5.41, 5.74) is 4.60. The van der Waals surface area contributed by atoms with Crippen molar-refractivity contribution in [2.75, 3.05) is 11.9 Å². The van der Waals surface area contributed by atoms with E-state index in [1.165, 1.54) is 12.8 Å². The molecule has 5 rings (SSSR count). The molecule has 1 saturated carbocycles. The van der Waals surface area contributed by atoms with Gasteiger partial charge in [-0.25, -0.2) is 0 Å². The molecule has 2 aromatic rings. The first kappa shape index (κ1) is 16.8. The third-order valence-electron chi connectivity index (χ3n) is 5.76. The molecule has 1 aliphatic heterocycles. The zero-order valence-corrected chi connectivity index (χ0v) is 15.7. The number of rotatable bonds is 4. The fourth-order valence-electron chi connectivity index (χ4n) is 4.17. The van der Waals surface area contributed by atoms with E-state index in [-0.39, 0.29) is 11.8 Å². The van der Waals surface area contributed by atoms with Crippen LogP contribution in [0.25, 0.3) is 0 Å². The summed E-state index contributed by atoms with van der Waals surface area (Å²) in [6, 6.07) is 5.26. The highest BCUT2D eigenvalue weighted by molar-refractivity contribution is 6.32. The number of hydrogen-bond donors (Lipinski definition) is 1. The zero-order valence-electron chi connectivity index (χ0n) is 14.9. The van der Waals surface area contributed by atoms with E-state index in [2.05, 4.69) is 10.3 Å². The van der Waals surface area contributed by atoms with Gasteiger partial charge in [0.25, 0.3) is 11.8 Å². The molecule has 0 unspecified atom stereocenters. The molecule has 1 aromatic carbocycles. The van der Waals surface area contributed by atoms with Crippen LogP contribution < -0.4 is 5.32 Å². The van der Waals surface area contributed by atoms with Crippen molar-refractivity contribution in [2.24, 2.45) is 5.92 Å². The number of pyridine rings is 1. The summed E-state index contributed by atoms with van der Waals surface area (Å²) in [5, 5.41) is 3.55. The van der Waals surface area contributed by atoms with Crippen LogP contribution in [0.3, 0.4) is 0 Å². The van der Waals surface area contributed by atoms with E-state index in [9.17, 15) is 9.59 Å². The highest BCUT2D eigenvalue weighted by Crippen LogP contribution is 2.38. The van der Waals surface area contributed by atoms with Crippen molar-refractivity contribution in [1.82, 2.24) is 9.88 Å². The van der Waals surface area contributed by atoms with Crippen LogP contribution in [0.1, 0.15) is 56.8 Å². The van der Waals surface area contributed by atoms with Gasteiger partial charge in [0.1, 0.15) is 0 Å². The maximum atomic E-state index is 12.9. The summed E-state index contributed by atoms with van der Waals surface area (Å²) >= 11 is 6.35. The molecule has 3 aliphatic rings. The lowest BCUT2D eigenvalue weighted by atomic mass is 10.1. The third-order valence-corrected chi connectivity index (χ3v) is 6.11. The number of fused-ring (bicyclic) bond motifs is 2. The molecule has 138 valence electrons. The van der Waals surface area contributed by atoms with Crippen molar-refractivity contribution < 1.29 is 9.59 Å². The molecule has 1 N–H and O–H groups in total. The number of aryl methyl sites for hydroxylation is 1. The van der Waals surface area contributed by atoms with Crippen molar-refractivity contribution in [1.29, 1.82) is 0 Å². The monoisotopic (exact) mass is 381 g/mol. The molecule has 0 atom stereocenters. The SMILES string of the molecule is O=C(Nc1ccc(Cl)c2c1C(=O)N(CC1CC1)C2)c1ccnc2c1CCC2. The number of carbonyl (C=O) groups is 2. The number of nitrogens with zero attached hydrogens (tertiary/aromatic N) is 2. The molecule has 5 nitrogen and oxygen atoms in total. The molecule has 0 saturated heterocycles. The highest BCUT2D eigenvalue weighted by atomic mass is 35.5. The van der Waals surface area contributed by atoms with Gasteiger partial charge in [0.05, 0.1) is 11.3 Å². The summed E-state index contributed by atoms with van der Waals surface area (Å²) in [5.74, 6) is 0.391. The number of amides is 2. The Balaban J connectivity index is 1.46. The molecule has 2 aliphatic carbocycles. The number of halogens is 1. The van der Waals surface area contributed by atoms with Gasteiger partial charge in [-0.3, -0.25) is 14.6 Å². The number of carbonyl (C=O) groups excluding carboxylic acids is 2. The molecule has 0 radical (unpaired) electrons. The average molecular weight is 382 g/mol. The van der Waals surface area contributed by atoms with Crippen molar-refractivity contribution >= 4 is 29.1 Å². The maximum absolute atomic E-state index is 12.9. The fourth-order valence-corrected chi connectivity index (χ4v) is 4.39. The first-order chi connectivity index (χ1) is 13.1. The van der Waals surface area contributed by atoms with Crippen molar-refractivity contribution in [3.05, 3.63) is 57.4 Å². The normalized spacial score (nSPS) is 17.8. The van der Waals surface area contributed by atoms with Crippen LogP contribution in [0, 0.1) is 5.92 Å². The molecule has 27 heavy (non-hydrogen) atoms. The Morgan fingerprint density at radius 3 is 2.89 bits per heavy atom. The van der Waals surface area contributed by atoms with Gasteiger partial charge in [0.15, 0.2) is 0 Å². The molecule has 6 heteroatoms. The number of aromatic nitrogens is 1. The van der Waals surface area contributed by atoms with Crippen molar-refractivity contribution in [2.45, 2.75) is 38.6 Å². The van der Waals surface area contributed by atoms with Gasteiger partial charge in [0.2, 0.25) is 0 Å². The predicted molar refractivity (Wildman–Crippen MR) is 103 cm³/mol. The lowest BCUT2D eigenvalue weighted by Gasteiger charge is -2.15. The van der Waals surface area contributed by atoms with Crippen LogP contribution in [0.5, 0.6) is 0 Å². The van der Waals surface area contributed by atoms with E-state index in [0.29, 0.717) is 34.3 Å². The minimum absolute atomic E-state index is 0.0327. The molecular formula is C21H20ClN3O2. The standard InChI is InChI=1S/C21H20ClN3O2/c22-16-6-7-18(19-15(16)11-25(21(19)27)10-12-4-5-12)24-20(26)14-8-9-23-17-3-1-2-13(14)17/h6-9,12H,1-5,10-11H2,(H,24,26). The number of nitrogens with one attached hydrogen (secondary N) is 1. The van der Waals surface area contributed by atoms with E-state index in [4.69, 9.17) is 11.6 Å². The smallest absolute Gasteiger partial charge is 0.256 e. The van der Waals surface area contributed by atoms with E-state index in [1.54, 1.807) is 24.4 Å². The summed E-state index contributed by atoms with van der Waals surface area (Å²) in [4.78, 5) is 32.1. The molecule has 0 bridgehead atoms. The summed E-state index contributed by atoms with van der Waals surface area (Å²) in [6.07, 6.45) is 6.88. The Bertz CT molecular complexity index is 968. The zero-order chi connectivity index (χ0) is 18.5. The summed E-state index contributed by atoms with van der Waals surface area (Å²) in [7, 11) is 0. The quantitative estimate of drug-likeness (QED) is 0.875. The minimum atomic E-state index is -0.187. The topological polar surface area (TPSA) is 62.3 Å².